The molecule has 6 heteroatoms. The third-order valence-corrected chi connectivity index (χ3v) is 5.06. The van der Waals surface area contributed by atoms with Gasteiger partial charge in [-0.25, -0.2) is 8.42 Å². The third-order valence-electron chi connectivity index (χ3n) is 3.71. The van der Waals surface area contributed by atoms with Crippen molar-refractivity contribution in [2.45, 2.75) is 50.5 Å². The molecule has 0 aliphatic heterocycles. The Bertz CT molecular complexity index is 638. The molecule has 1 aromatic carbocycles. The second-order valence-corrected chi connectivity index (χ2v) is 8.06. The van der Waals surface area contributed by atoms with Crippen molar-refractivity contribution in [1.29, 1.82) is 0 Å². The maximum atomic E-state index is 12.7. The number of nitrogens with zero attached hydrogens (tertiary/aromatic N) is 1. The Kier molecular flexibility index (Phi) is 4.94. The molecule has 0 unspecified atom stereocenters. The van der Waals surface area contributed by atoms with Crippen LogP contribution in [0, 0.1) is 6.92 Å². The average Bonchev–Trinajstić information content (AvgIpc) is 3.22. The molecule has 1 aliphatic rings. The van der Waals surface area contributed by atoms with Crippen LogP contribution < -0.4 is 0 Å². The summed E-state index contributed by atoms with van der Waals surface area (Å²) in [4.78, 5) is 14.6. The molecule has 0 N–H and O–H groups in total. The van der Waals surface area contributed by atoms with Crippen molar-refractivity contribution in [3.63, 3.8) is 0 Å². The van der Waals surface area contributed by atoms with E-state index in [0.717, 1.165) is 32.2 Å². The Balaban J connectivity index is 2.25. The van der Waals surface area contributed by atoms with Crippen molar-refractivity contribution < 1.29 is 13.2 Å². The lowest BCUT2D eigenvalue weighted by atomic mass is 10.1. The predicted molar refractivity (Wildman–Crippen MR) is 83.2 cm³/mol. The van der Waals surface area contributed by atoms with Crippen LogP contribution >= 0.6 is 10.7 Å². The van der Waals surface area contributed by atoms with E-state index in [0.29, 0.717) is 17.2 Å². The van der Waals surface area contributed by atoms with Crippen molar-refractivity contribution in [2.24, 2.45) is 0 Å². The maximum Gasteiger partial charge on any atom is 0.261 e. The fraction of sp³-hybridized carbons (Fsp3) is 0.533. The van der Waals surface area contributed by atoms with Crippen LogP contribution in [0.15, 0.2) is 23.1 Å². The SMILES string of the molecule is CCCCN(C(=O)c1ccc(S(=O)(=O)Cl)cc1C)C1CC1. The molecule has 1 amide bonds. The molecule has 0 spiro atoms. The highest BCUT2D eigenvalue weighted by Gasteiger charge is 2.33. The van der Waals surface area contributed by atoms with Gasteiger partial charge >= 0.3 is 0 Å². The van der Waals surface area contributed by atoms with Gasteiger partial charge in [0.1, 0.15) is 0 Å². The number of unbranched alkanes of at least 4 members (excludes halogenated alkanes) is 1. The number of carbonyl (C=O) groups excluding carboxylic acids is 1. The van der Waals surface area contributed by atoms with Gasteiger partial charge in [-0.2, -0.15) is 0 Å². The van der Waals surface area contributed by atoms with Crippen molar-refractivity contribution in [3.8, 4) is 0 Å². The van der Waals surface area contributed by atoms with Gasteiger partial charge in [0.05, 0.1) is 4.90 Å². The number of hydrogen-bond donors (Lipinski definition) is 0. The van der Waals surface area contributed by atoms with Crippen molar-refractivity contribution in [3.05, 3.63) is 29.3 Å². The highest BCUT2D eigenvalue weighted by molar-refractivity contribution is 8.13. The molecule has 0 saturated heterocycles. The lowest BCUT2D eigenvalue weighted by Crippen LogP contribution is -2.34. The van der Waals surface area contributed by atoms with E-state index in [2.05, 4.69) is 6.92 Å². The van der Waals surface area contributed by atoms with E-state index < -0.39 is 9.05 Å². The lowest BCUT2D eigenvalue weighted by Gasteiger charge is -2.23. The third kappa shape index (κ3) is 3.98. The smallest absolute Gasteiger partial charge is 0.261 e. The summed E-state index contributed by atoms with van der Waals surface area (Å²) in [6, 6.07) is 4.77. The van der Waals surface area contributed by atoms with E-state index in [-0.39, 0.29) is 10.8 Å². The van der Waals surface area contributed by atoms with Gasteiger partial charge in [0.25, 0.3) is 15.0 Å². The Morgan fingerprint density at radius 2 is 2.05 bits per heavy atom. The van der Waals surface area contributed by atoms with Crippen LogP contribution in [0.2, 0.25) is 0 Å². The van der Waals surface area contributed by atoms with E-state index in [4.69, 9.17) is 10.7 Å². The summed E-state index contributed by atoms with van der Waals surface area (Å²) in [5, 5.41) is 0. The summed E-state index contributed by atoms with van der Waals surface area (Å²) in [5.74, 6) is -0.0121. The maximum absolute atomic E-state index is 12.7. The minimum absolute atomic E-state index is 0.0121. The molecular formula is C15H20ClNO3S. The van der Waals surface area contributed by atoms with Gasteiger partial charge in [-0.3, -0.25) is 4.79 Å². The zero-order valence-corrected chi connectivity index (χ0v) is 13.9. The molecule has 21 heavy (non-hydrogen) atoms. The Hall–Kier alpha value is -1.07. The standard InChI is InChI=1S/C15H20ClNO3S/c1-3-4-9-17(12-5-6-12)15(18)14-8-7-13(10-11(14)2)21(16,19)20/h7-8,10,12H,3-6,9H2,1-2H3. The molecule has 0 heterocycles. The number of amides is 1. The first-order chi connectivity index (χ1) is 9.84. The van der Waals surface area contributed by atoms with Crippen LogP contribution in [0.3, 0.4) is 0 Å². The molecule has 4 nitrogen and oxygen atoms in total. The highest BCUT2D eigenvalue weighted by Crippen LogP contribution is 2.29. The van der Waals surface area contributed by atoms with Gasteiger partial charge in [-0.1, -0.05) is 13.3 Å². The predicted octanol–water partition coefficient (Wildman–Crippen LogP) is 3.33. The molecule has 1 aromatic rings. The molecule has 1 saturated carbocycles. The summed E-state index contributed by atoms with van der Waals surface area (Å²) in [7, 11) is 1.57. The van der Waals surface area contributed by atoms with Gasteiger partial charge in [-0.15, -0.1) is 0 Å². The van der Waals surface area contributed by atoms with Crippen LogP contribution in [0.25, 0.3) is 0 Å². The molecule has 0 aromatic heterocycles. The fourth-order valence-electron chi connectivity index (χ4n) is 2.35. The summed E-state index contributed by atoms with van der Waals surface area (Å²) in [6.45, 7) is 4.60. The summed E-state index contributed by atoms with van der Waals surface area (Å²) in [5.41, 5.74) is 1.20. The normalized spacial score (nSPS) is 15.0. The first kappa shape index (κ1) is 16.3. The van der Waals surface area contributed by atoms with Gasteiger partial charge in [0.2, 0.25) is 0 Å². The lowest BCUT2D eigenvalue weighted by molar-refractivity contribution is 0.0740. The number of rotatable bonds is 6. The Labute approximate surface area is 130 Å². The first-order valence-electron chi connectivity index (χ1n) is 7.21. The van der Waals surface area contributed by atoms with E-state index in [1.807, 2.05) is 4.90 Å². The molecule has 0 radical (unpaired) electrons. The molecule has 2 rings (SSSR count). The molecular weight excluding hydrogens is 310 g/mol. The van der Waals surface area contributed by atoms with Gasteiger partial charge in [0.15, 0.2) is 0 Å². The van der Waals surface area contributed by atoms with E-state index in [9.17, 15) is 13.2 Å². The molecule has 0 atom stereocenters. The van der Waals surface area contributed by atoms with E-state index in [1.54, 1.807) is 13.0 Å². The Morgan fingerprint density at radius 1 is 1.38 bits per heavy atom. The largest absolute Gasteiger partial charge is 0.336 e. The van der Waals surface area contributed by atoms with Crippen LogP contribution in [0.5, 0.6) is 0 Å². The summed E-state index contributed by atoms with van der Waals surface area (Å²) < 4.78 is 22.7. The molecule has 0 bridgehead atoms. The monoisotopic (exact) mass is 329 g/mol. The quantitative estimate of drug-likeness (QED) is 0.752. The van der Waals surface area contributed by atoms with Gasteiger partial charge in [0, 0.05) is 28.8 Å². The summed E-state index contributed by atoms with van der Waals surface area (Å²) >= 11 is 0. The Morgan fingerprint density at radius 3 is 2.52 bits per heavy atom. The van der Waals surface area contributed by atoms with Crippen molar-refractivity contribution in [2.75, 3.05) is 6.54 Å². The number of hydrogen-bond acceptors (Lipinski definition) is 3. The highest BCUT2D eigenvalue weighted by atomic mass is 35.7. The molecule has 1 fully saturated rings. The topological polar surface area (TPSA) is 54.5 Å². The van der Waals surface area contributed by atoms with Crippen LogP contribution in [-0.4, -0.2) is 31.8 Å². The second-order valence-electron chi connectivity index (χ2n) is 5.50. The number of halogens is 1. The number of aryl methyl sites for hydroxylation is 1. The van der Waals surface area contributed by atoms with E-state index in [1.165, 1.54) is 12.1 Å². The zero-order valence-electron chi connectivity index (χ0n) is 12.3. The number of benzene rings is 1. The van der Waals surface area contributed by atoms with Crippen LogP contribution in [-0.2, 0) is 9.05 Å². The second kappa shape index (κ2) is 6.36. The number of carbonyl (C=O) groups is 1. The summed E-state index contributed by atoms with van der Waals surface area (Å²) in [6.07, 6.45) is 4.14. The fourth-order valence-corrected chi connectivity index (χ4v) is 3.18. The molecule has 1 aliphatic carbocycles. The van der Waals surface area contributed by atoms with E-state index >= 15 is 0 Å². The minimum Gasteiger partial charge on any atom is -0.336 e. The minimum atomic E-state index is -3.76. The van der Waals surface area contributed by atoms with Gasteiger partial charge in [-0.05, 0) is 49.9 Å². The molecule has 116 valence electrons. The van der Waals surface area contributed by atoms with Crippen molar-refractivity contribution in [1.82, 2.24) is 4.90 Å². The first-order valence-corrected chi connectivity index (χ1v) is 9.51. The van der Waals surface area contributed by atoms with Crippen LogP contribution in [0.4, 0.5) is 0 Å². The zero-order chi connectivity index (χ0) is 15.6. The average molecular weight is 330 g/mol. The van der Waals surface area contributed by atoms with Crippen LogP contribution in [0.1, 0.15) is 48.5 Å². The van der Waals surface area contributed by atoms with Gasteiger partial charge < -0.3 is 4.90 Å². The van der Waals surface area contributed by atoms with Crippen molar-refractivity contribution >= 4 is 25.6 Å².